The van der Waals surface area contributed by atoms with Crippen LogP contribution in [0.5, 0.6) is 5.75 Å². The van der Waals surface area contributed by atoms with Crippen molar-refractivity contribution in [3.63, 3.8) is 0 Å². The van der Waals surface area contributed by atoms with Crippen LogP contribution in [0.3, 0.4) is 0 Å². The Kier molecular flexibility index (Phi) is 4.90. The molecular weight excluding hydrogens is 399 g/mol. The predicted molar refractivity (Wildman–Crippen MR) is 91.8 cm³/mol. The van der Waals surface area contributed by atoms with Crippen molar-refractivity contribution >= 4 is 21.8 Å². The number of sulfonamides is 1. The van der Waals surface area contributed by atoms with Crippen LogP contribution in [0.25, 0.3) is 0 Å². The van der Waals surface area contributed by atoms with Crippen molar-refractivity contribution in [2.75, 3.05) is 7.11 Å². The number of alkyl halides is 3. The number of amidine groups is 1. The van der Waals surface area contributed by atoms with E-state index in [1.54, 1.807) is 18.2 Å². The monoisotopic (exact) mass is 414 g/mol. The van der Waals surface area contributed by atoms with Crippen molar-refractivity contribution < 1.29 is 36.1 Å². The molecule has 0 aromatic heterocycles. The molecule has 3 N–H and O–H groups in total. The van der Waals surface area contributed by atoms with Crippen molar-refractivity contribution in [2.24, 2.45) is 0 Å². The summed E-state index contributed by atoms with van der Waals surface area (Å²) in [6, 6.07) is 12.4. The van der Waals surface area contributed by atoms with E-state index in [0.717, 1.165) is 12.1 Å². The van der Waals surface area contributed by atoms with Crippen molar-refractivity contribution in [1.29, 1.82) is 0 Å². The topological polar surface area (TPSA) is 98.5 Å². The third-order valence-electron chi connectivity index (χ3n) is 4.04. The van der Waals surface area contributed by atoms with Gasteiger partial charge in [-0.1, -0.05) is 18.2 Å². The molecule has 0 fully saturated rings. The number of ether oxygens (including phenoxy) is 1. The van der Waals surface area contributed by atoms with Crippen molar-refractivity contribution in [2.45, 2.75) is 16.7 Å². The second-order valence-corrected chi connectivity index (χ2v) is 7.53. The van der Waals surface area contributed by atoms with Crippen LogP contribution in [-0.2, 0) is 14.8 Å². The van der Waals surface area contributed by atoms with Gasteiger partial charge in [0, 0.05) is 0 Å². The fraction of sp³-hybridized carbons (Fsp3) is 0.176. The van der Waals surface area contributed by atoms with E-state index in [4.69, 9.17) is 4.74 Å². The lowest BCUT2D eigenvalue weighted by Gasteiger charge is -2.23. The second kappa shape index (κ2) is 6.91. The summed E-state index contributed by atoms with van der Waals surface area (Å²) in [4.78, 5) is 13.8. The van der Waals surface area contributed by atoms with Gasteiger partial charge in [-0.2, -0.15) is 13.2 Å². The highest BCUT2D eigenvalue weighted by Crippen LogP contribution is 2.29. The number of carbonyl (C=O) groups is 1. The minimum absolute atomic E-state index is 0.255. The average Bonchev–Trinajstić information content (AvgIpc) is 2.99. The Bertz CT molecular complexity index is 1020. The quantitative estimate of drug-likeness (QED) is 0.636. The molecule has 3 rings (SSSR count). The Morgan fingerprint density at radius 2 is 1.68 bits per heavy atom. The lowest BCUT2D eigenvalue weighted by atomic mass is 10.2. The molecular formula is C17H15F3N3O4S+. The number of rotatable bonds is 5. The lowest BCUT2D eigenvalue weighted by Crippen LogP contribution is -2.96. The Morgan fingerprint density at radius 1 is 1.07 bits per heavy atom. The summed E-state index contributed by atoms with van der Waals surface area (Å²) < 4.78 is 73.0. The highest BCUT2D eigenvalue weighted by molar-refractivity contribution is 7.89. The van der Waals surface area contributed by atoms with Crippen molar-refractivity contribution in [1.82, 2.24) is 10.0 Å². The van der Waals surface area contributed by atoms with E-state index < -0.39 is 32.7 Å². The Labute approximate surface area is 158 Å². The molecule has 1 amide bonds. The standard InChI is InChI=1S/C17H14F3N3O4S/c1-27-12-7-9-13(10-8-12)28(25,26)23-16(17(18,19)20)15(24)21-14(22-16)11-5-3-2-4-6-11/h2-10,23H,1H3,(H,21,22,24)/p+1. The fourth-order valence-corrected chi connectivity index (χ4v) is 3.85. The first kappa shape index (κ1) is 19.8. The number of nitrogens with one attached hydrogen (secondary N) is 3. The maximum Gasteiger partial charge on any atom is 0.460 e. The van der Waals surface area contributed by atoms with Crippen LogP contribution in [0, 0.1) is 0 Å². The van der Waals surface area contributed by atoms with Gasteiger partial charge in [0.05, 0.1) is 17.6 Å². The Morgan fingerprint density at radius 3 is 2.21 bits per heavy atom. The molecule has 1 heterocycles. The Hall–Kier alpha value is -2.92. The van der Waals surface area contributed by atoms with E-state index in [0.29, 0.717) is 5.75 Å². The van der Waals surface area contributed by atoms with E-state index in [2.05, 4.69) is 5.32 Å². The molecule has 1 atom stereocenters. The minimum Gasteiger partial charge on any atom is -0.497 e. The molecule has 11 heteroatoms. The van der Waals surface area contributed by atoms with Crippen LogP contribution in [0.2, 0.25) is 0 Å². The van der Waals surface area contributed by atoms with E-state index in [1.165, 1.54) is 36.1 Å². The van der Waals surface area contributed by atoms with Gasteiger partial charge in [0.25, 0.3) is 5.84 Å². The van der Waals surface area contributed by atoms with Crippen LogP contribution in [0.15, 0.2) is 59.5 Å². The molecule has 1 unspecified atom stereocenters. The van der Waals surface area contributed by atoms with E-state index in [1.807, 2.05) is 4.99 Å². The van der Waals surface area contributed by atoms with Gasteiger partial charge >= 0.3 is 17.7 Å². The zero-order chi connectivity index (χ0) is 20.6. The zero-order valence-corrected chi connectivity index (χ0v) is 15.2. The van der Waals surface area contributed by atoms with Crippen LogP contribution in [0.1, 0.15) is 5.56 Å². The van der Waals surface area contributed by atoms with Crippen LogP contribution >= 0.6 is 0 Å². The number of benzene rings is 2. The zero-order valence-electron chi connectivity index (χ0n) is 14.4. The molecule has 1 aliphatic rings. The molecule has 148 valence electrons. The first-order chi connectivity index (χ1) is 13.1. The molecule has 0 radical (unpaired) electrons. The van der Waals surface area contributed by atoms with Gasteiger partial charge in [-0.05, 0) is 36.4 Å². The van der Waals surface area contributed by atoms with Gasteiger partial charge in [0.2, 0.25) is 10.0 Å². The Balaban J connectivity index is 2.05. The number of hydrogen-bond donors (Lipinski definition) is 3. The number of halogens is 3. The summed E-state index contributed by atoms with van der Waals surface area (Å²) in [7, 11) is -3.36. The summed E-state index contributed by atoms with van der Waals surface area (Å²) in [6.45, 7) is 0. The summed E-state index contributed by atoms with van der Waals surface area (Å²) in [5.41, 5.74) is -3.30. The molecule has 28 heavy (non-hydrogen) atoms. The molecule has 7 nitrogen and oxygen atoms in total. The third-order valence-corrected chi connectivity index (χ3v) is 5.50. The maximum atomic E-state index is 13.8. The highest BCUT2D eigenvalue weighted by atomic mass is 32.2. The summed E-state index contributed by atoms with van der Waals surface area (Å²) in [5.74, 6) is -1.53. The lowest BCUT2D eigenvalue weighted by molar-refractivity contribution is -0.579. The van der Waals surface area contributed by atoms with Gasteiger partial charge in [0.15, 0.2) is 0 Å². The summed E-state index contributed by atoms with van der Waals surface area (Å²) >= 11 is 0. The summed E-state index contributed by atoms with van der Waals surface area (Å²) in [6.07, 6.45) is -5.27. The SMILES string of the molecule is COc1ccc(S(=O)(=O)NC2(C(F)(F)F)[NH+]=C(c3ccccc3)NC2=O)cc1. The van der Waals surface area contributed by atoms with Crippen molar-refractivity contribution in [3.05, 3.63) is 60.2 Å². The largest absolute Gasteiger partial charge is 0.497 e. The van der Waals surface area contributed by atoms with Gasteiger partial charge in [-0.25, -0.2) is 23.5 Å². The van der Waals surface area contributed by atoms with Gasteiger partial charge in [-0.15, -0.1) is 4.72 Å². The smallest absolute Gasteiger partial charge is 0.460 e. The van der Waals surface area contributed by atoms with Crippen molar-refractivity contribution in [3.8, 4) is 5.75 Å². The van der Waals surface area contributed by atoms with E-state index in [9.17, 15) is 26.4 Å². The normalized spacial score (nSPS) is 19.9. The molecule has 0 aliphatic carbocycles. The summed E-state index contributed by atoms with van der Waals surface area (Å²) in [5, 5.41) is 2.06. The fourth-order valence-electron chi connectivity index (χ4n) is 2.58. The van der Waals surface area contributed by atoms with Gasteiger partial charge in [-0.3, -0.25) is 0 Å². The number of hydrogen-bond acceptors (Lipinski definition) is 4. The first-order valence-corrected chi connectivity index (χ1v) is 9.34. The van der Waals surface area contributed by atoms with Crippen LogP contribution < -0.4 is 19.8 Å². The van der Waals surface area contributed by atoms with Crippen LogP contribution in [0.4, 0.5) is 13.2 Å². The first-order valence-electron chi connectivity index (χ1n) is 7.86. The minimum atomic E-state index is -5.27. The van der Waals surface area contributed by atoms with E-state index >= 15 is 0 Å². The molecule has 1 aliphatic heterocycles. The van der Waals surface area contributed by atoms with Crippen LogP contribution in [-0.4, -0.2) is 39.1 Å². The van der Waals surface area contributed by atoms with E-state index in [-0.39, 0.29) is 11.4 Å². The number of carbonyl (C=O) groups excluding carboxylic acids is 1. The average molecular weight is 414 g/mol. The molecule has 0 saturated heterocycles. The second-order valence-electron chi connectivity index (χ2n) is 5.85. The molecule has 2 aromatic rings. The number of amides is 1. The molecule has 0 saturated carbocycles. The highest BCUT2D eigenvalue weighted by Gasteiger charge is 2.70. The van der Waals surface area contributed by atoms with Gasteiger partial charge in [0.1, 0.15) is 5.75 Å². The predicted octanol–water partition coefficient (Wildman–Crippen LogP) is -0.111. The third kappa shape index (κ3) is 3.45. The van der Waals surface area contributed by atoms with Gasteiger partial charge < -0.3 is 4.74 Å². The maximum absolute atomic E-state index is 13.8. The molecule has 0 spiro atoms. The molecule has 2 aromatic carbocycles. The number of methoxy groups -OCH3 is 1. The molecule has 0 bridgehead atoms.